The first kappa shape index (κ1) is 12.1. The zero-order valence-electron chi connectivity index (χ0n) is 9.86. The van der Waals surface area contributed by atoms with Crippen LogP contribution >= 0.6 is 0 Å². The first-order valence-electron chi connectivity index (χ1n) is 5.63. The molecule has 0 amide bonds. The highest BCUT2D eigenvalue weighted by molar-refractivity contribution is 5.27. The molecule has 84 valence electrons. The second-order valence-corrected chi connectivity index (χ2v) is 4.13. The quantitative estimate of drug-likeness (QED) is 0.805. The van der Waals surface area contributed by atoms with E-state index in [2.05, 4.69) is 32.9 Å². The highest BCUT2D eigenvalue weighted by atomic mass is 16.5. The van der Waals surface area contributed by atoms with Crippen LogP contribution in [0.4, 0.5) is 0 Å². The first-order valence-corrected chi connectivity index (χ1v) is 5.63. The van der Waals surface area contributed by atoms with E-state index in [1.54, 1.807) is 0 Å². The van der Waals surface area contributed by atoms with Crippen molar-refractivity contribution in [2.75, 3.05) is 6.54 Å². The molecule has 0 bridgehead atoms. The van der Waals surface area contributed by atoms with Gasteiger partial charge in [-0.3, -0.25) is 0 Å². The Hall–Kier alpha value is -1.02. The van der Waals surface area contributed by atoms with Gasteiger partial charge in [-0.05, 0) is 30.0 Å². The molecule has 1 atom stereocenters. The standard InChI is InChI=1S/C13H21NO/c1-4-11-5-7-12(8-6-11)15-13(9-14)10(2)3/h5-8,10,13H,4,9,14H2,1-3H3. The topological polar surface area (TPSA) is 35.2 Å². The van der Waals surface area contributed by atoms with E-state index in [1.807, 2.05) is 12.1 Å². The molecule has 0 fully saturated rings. The molecule has 0 saturated heterocycles. The monoisotopic (exact) mass is 207 g/mol. The van der Waals surface area contributed by atoms with Crippen LogP contribution in [0.25, 0.3) is 0 Å². The van der Waals surface area contributed by atoms with Crippen LogP contribution < -0.4 is 10.5 Å². The SMILES string of the molecule is CCc1ccc(OC(CN)C(C)C)cc1. The minimum Gasteiger partial charge on any atom is -0.489 e. The summed E-state index contributed by atoms with van der Waals surface area (Å²) in [6.45, 7) is 6.95. The summed E-state index contributed by atoms with van der Waals surface area (Å²) < 4.78 is 5.80. The summed E-state index contributed by atoms with van der Waals surface area (Å²) in [5, 5.41) is 0. The smallest absolute Gasteiger partial charge is 0.119 e. The van der Waals surface area contributed by atoms with E-state index in [0.717, 1.165) is 12.2 Å². The number of aryl methyl sites for hydroxylation is 1. The lowest BCUT2D eigenvalue weighted by atomic mass is 10.1. The molecule has 2 nitrogen and oxygen atoms in total. The fraction of sp³-hybridized carbons (Fsp3) is 0.538. The normalized spacial score (nSPS) is 12.9. The summed E-state index contributed by atoms with van der Waals surface area (Å²) in [4.78, 5) is 0. The molecule has 1 aromatic carbocycles. The zero-order chi connectivity index (χ0) is 11.3. The predicted octanol–water partition coefficient (Wildman–Crippen LogP) is 2.61. The minimum atomic E-state index is 0.109. The summed E-state index contributed by atoms with van der Waals surface area (Å²) in [6, 6.07) is 8.24. The second kappa shape index (κ2) is 5.76. The maximum atomic E-state index is 5.80. The molecule has 2 N–H and O–H groups in total. The molecule has 0 aromatic heterocycles. The van der Waals surface area contributed by atoms with E-state index in [0.29, 0.717) is 12.5 Å². The molecular weight excluding hydrogens is 186 g/mol. The Morgan fingerprint density at radius 2 is 1.80 bits per heavy atom. The van der Waals surface area contributed by atoms with E-state index in [4.69, 9.17) is 10.5 Å². The zero-order valence-corrected chi connectivity index (χ0v) is 9.86. The lowest BCUT2D eigenvalue weighted by molar-refractivity contribution is 0.159. The minimum absolute atomic E-state index is 0.109. The van der Waals surface area contributed by atoms with Crippen molar-refractivity contribution in [1.82, 2.24) is 0 Å². The molecule has 0 heterocycles. The van der Waals surface area contributed by atoms with Crippen LogP contribution in [-0.4, -0.2) is 12.6 Å². The lowest BCUT2D eigenvalue weighted by Crippen LogP contribution is -2.31. The van der Waals surface area contributed by atoms with Crippen LogP contribution in [0.5, 0.6) is 5.75 Å². The maximum absolute atomic E-state index is 5.80. The fourth-order valence-electron chi connectivity index (χ4n) is 1.43. The van der Waals surface area contributed by atoms with Crippen molar-refractivity contribution < 1.29 is 4.74 Å². The number of nitrogens with two attached hydrogens (primary N) is 1. The lowest BCUT2D eigenvalue weighted by Gasteiger charge is -2.20. The molecule has 0 aliphatic heterocycles. The number of ether oxygens (including phenoxy) is 1. The van der Waals surface area contributed by atoms with Gasteiger partial charge in [-0.1, -0.05) is 32.9 Å². The van der Waals surface area contributed by atoms with Crippen molar-refractivity contribution in [3.63, 3.8) is 0 Å². The van der Waals surface area contributed by atoms with Crippen molar-refractivity contribution in [2.45, 2.75) is 33.3 Å². The summed E-state index contributed by atoms with van der Waals surface area (Å²) in [6.07, 6.45) is 1.17. The van der Waals surface area contributed by atoms with Crippen LogP contribution in [0.15, 0.2) is 24.3 Å². The average molecular weight is 207 g/mol. The number of hydrogen-bond acceptors (Lipinski definition) is 2. The third kappa shape index (κ3) is 3.56. The van der Waals surface area contributed by atoms with Gasteiger partial charge >= 0.3 is 0 Å². The van der Waals surface area contributed by atoms with Crippen LogP contribution in [0.2, 0.25) is 0 Å². The van der Waals surface area contributed by atoms with Crippen molar-refractivity contribution in [1.29, 1.82) is 0 Å². The third-order valence-electron chi connectivity index (χ3n) is 2.59. The van der Waals surface area contributed by atoms with Gasteiger partial charge < -0.3 is 10.5 Å². The number of hydrogen-bond donors (Lipinski definition) is 1. The molecule has 15 heavy (non-hydrogen) atoms. The fourth-order valence-corrected chi connectivity index (χ4v) is 1.43. The van der Waals surface area contributed by atoms with Gasteiger partial charge in [0, 0.05) is 6.54 Å². The van der Waals surface area contributed by atoms with Gasteiger partial charge in [0.1, 0.15) is 11.9 Å². The van der Waals surface area contributed by atoms with E-state index >= 15 is 0 Å². The molecule has 0 aliphatic carbocycles. The Labute approximate surface area is 92.4 Å². The second-order valence-electron chi connectivity index (χ2n) is 4.13. The van der Waals surface area contributed by atoms with Crippen molar-refractivity contribution >= 4 is 0 Å². The summed E-state index contributed by atoms with van der Waals surface area (Å²) >= 11 is 0. The van der Waals surface area contributed by atoms with Gasteiger partial charge in [-0.25, -0.2) is 0 Å². The van der Waals surface area contributed by atoms with Crippen LogP contribution in [0.3, 0.4) is 0 Å². The van der Waals surface area contributed by atoms with Crippen molar-refractivity contribution in [2.24, 2.45) is 11.7 Å². The van der Waals surface area contributed by atoms with Crippen LogP contribution in [-0.2, 0) is 6.42 Å². The van der Waals surface area contributed by atoms with Gasteiger partial charge in [-0.2, -0.15) is 0 Å². The highest BCUT2D eigenvalue weighted by Gasteiger charge is 2.12. The van der Waals surface area contributed by atoms with Crippen LogP contribution in [0.1, 0.15) is 26.3 Å². The predicted molar refractivity (Wildman–Crippen MR) is 64.1 cm³/mol. The highest BCUT2D eigenvalue weighted by Crippen LogP contribution is 2.16. The molecule has 0 saturated carbocycles. The molecule has 2 heteroatoms. The Balaban J connectivity index is 2.63. The van der Waals surface area contributed by atoms with Crippen molar-refractivity contribution in [3.05, 3.63) is 29.8 Å². The molecular formula is C13H21NO. The van der Waals surface area contributed by atoms with Gasteiger partial charge in [0.2, 0.25) is 0 Å². The molecule has 0 spiro atoms. The first-order chi connectivity index (χ1) is 7.17. The molecule has 0 radical (unpaired) electrons. The number of benzene rings is 1. The molecule has 1 unspecified atom stereocenters. The van der Waals surface area contributed by atoms with Crippen LogP contribution in [0, 0.1) is 5.92 Å². The Morgan fingerprint density at radius 3 is 2.20 bits per heavy atom. The summed E-state index contributed by atoms with van der Waals surface area (Å²) in [5.74, 6) is 1.36. The molecule has 0 aliphatic rings. The maximum Gasteiger partial charge on any atom is 0.119 e. The Morgan fingerprint density at radius 1 is 1.20 bits per heavy atom. The molecule has 1 aromatic rings. The van der Waals surface area contributed by atoms with Gasteiger partial charge in [0.15, 0.2) is 0 Å². The Bertz CT molecular complexity index is 279. The van der Waals surface area contributed by atoms with E-state index < -0.39 is 0 Å². The molecule has 1 rings (SSSR count). The van der Waals surface area contributed by atoms with Gasteiger partial charge in [0.05, 0.1) is 0 Å². The third-order valence-corrected chi connectivity index (χ3v) is 2.59. The Kier molecular flexibility index (Phi) is 4.63. The summed E-state index contributed by atoms with van der Waals surface area (Å²) in [5.41, 5.74) is 6.98. The number of rotatable bonds is 5. The largest absolute Gasteiger partial charge is 0.489 e. The van der Waals surface area contributed by atoms with Gasteiger partial charge in [0.25, 0.3) is 0 Å². The van der Waals surface area contributed by atoms with E-state index in [-0.39, 0.29) is 6.10 Å². The average Bonchev–Trinajstić information content (AvgIpc) is 2.26. The van der Waals surface area contributed by atoms with Crippen molar-refractivity contribution in [3.8, 4) is 5.75 Å². The van der Waals surface area contributed by atoms with E-state index in [1.165, 1.54) is 5.56 Å². The van der Waals surface area contributed by atoms with E-state index in [9.17, 15) is 0 Å². The summed E-state index contributed by atoms with van der Waals surface area (Å²) in [7, 11) is 0. The van der Waals surface area contributed by atoms with Gasteiger partial charge in [-0.15, -0.1) is 0 Å².